The maximum absolute atomic E-state index is 11.9. The molecular formula is C8H13F2N3O. The summed E-state index contributed by atoms with van der Waals surface area (Å²) in [7, 11) is 1.76. The van der Waals surface area contributed by atoms with E-state index in [0.717, 1.165) is 5.69 Å². The van der Waals surface area contributed by atoms with E-state index in [1.807, 2.05) is 0 Å². The molecule has 1 unspecified atom stereocenters. The van der Waals surface area contributed by atoms with Crippen molar-refractivity contribution in [1.82, 2.24) is 15.1 Å². The van der Waals surface area contributed by atoms with Gasteiger partial charge in [0, 0.05) is 26.3 Å². The first kappa shape index (κ1) is 11.1. The SMILES string of the molecule is Cn1nccc1CNCC(O)C(F)F. The maximum atomic E-state index is 11.9. The highest BCUT2D eigenvalue weighted by atomic mass is 19.3. The van der Waals surface area contributed by atoms with Crippen molar-refractivity contribution in [3.05, 3.63) is 18.0 Å². The fourth-order valence-electron chi connectivity index (χ4n) is 1.01. The van der Waals surface area contributed by atoms with Crippen LogP contribution in [0, 0.1) is 0 Å². The Hall–Kier alpha value is -1.01. The molecule has 0 aromatic carbocycles. The quantitative estimate of drug-likeness (QED) is 0.718. The summed E-state index contributed by atoms with van der Waals surface area (Å²) < 4.78 is 25.4. The molecule has 1 heterocycles. The number of aliphatic hydroxyl groups excluding tert-OH is 1. The van der Waals surface area contributed by atoms with Crippen LogP contribution < -0.4 is 5.32 Å². The Morgan fingerprint density at radius 3 is 2.86 bits per heavy atom. The fourth-order valence-corrected chi connectivity index (χ4v) is 1.01. The second-order valence-corrected chi connectivity index (χ2v) is 2.98. The summed E-state index contributed by atoms with van der Waals surface area (Å²) in [5.74, 6) is 0. The van der Waals surface area contributed by atoms with Crippen LogP contribution in [-0.2, 0) is 13.6 Å². The van der Waals surface area contributed by atoms with Crippen LogP contribution in [0.2, 0.25) is 0 Å². The smallest absolute Gasteiger partial charge is 0.265 e. The number of alkyl halides is 2. The molecule has 1 rings (SSSR count). The molecule has 0 saturated heterocycles. The maximum Gasteiger partial charge on any atom is 0.265 e. The molecule has 4 nitrogen and oxygen atoms in total. The molecule has 6 heteroatoms. The zero-order valence-electron chi connectivity index (χ0n) is 7.82. The van der Waals surface area contributed by atoms with Crippen molar-refractivity contribution >= 4 is 0 Å². The summed E-state index contributed by atoms with van der Waals surface area (Å²) in [6, 6.07) is 1.78. The molecular weight excluding hydrogens is 192 g/mol. The summed E-state index contributed by atoms with van der Waals surface area (Å²) >= 11 is 0. The zero-order valence-corrected chi connectivity index (χ0v) is 7.82. The summed E-state index contributed by atoms with van der Waals surface area (Å²) in [5.41, 5.74) is 0.881. The molecule has 0 fully saturated rings. The van der Waals surface area contributed by atoms with Gasteiger partial charge in [0.1, 0.15) is 6.10 Å². The van der Waals surface area contributed by atoms with E-state index in [4.69, 9.17) is 5.11 Å². The van der Waals surface area contributed by atoms with Crippen molar-refractivity contribution in [3.63, 3.8) is 0 Å². The van der Waals surface area contributed by atoms with E-state index in [9.17, 15) is 8.78 Å². The Morgan fingerprint density at radius 2 is 2.36 bits per heavy atom. The number of hydrogen-bond donors (Lipinski definition) is 2. The Bertz CT molecular complexity index is 277. The zero-order chi connectivity index (χ0) is 10.6. The van der Waals surface area contributed by atoms with Crippen LogP contribution in [0.1, 0.15) is 5.69 Å². The molecule has 0 aliphatic heterocycles. The molecule has 0 bridgehead atoms. The molecule has 2 N–H and O–H groups in total. The number of rotatable bonds is 5. The Labute approximate surface area is 80.5 Å². The van der Waals surface area contributed by atoms with Gasteiger partial charge in [-0.25, -0.2) is 8.78 Å². The fraction of sp³-hybridized carbons (Fsp3) is 0.625. The molecule has 1 aromatic rings. The van der Waals surface area contributed by atoms with Crippen molar-refractivity contribution in [3.8, 4) is 0 Å². The van der Waals surface area contributed by atoms with E-state index in [2.05, 4.69) is 10.4 Å². The number of nitrogens with zero attached hydrogens (tertiary/aromatic N) is 2. The van der Waals surface area contributed by atoms with Crippen LogP contribution in [0.25, 0.3) is 0 Å². The van der Waals surface area contributed by atoms with Gasteiger partial charge in [-0.05, 0) is 6.07 Å². The molecule has 0 spiro atoms. The second-order valence-electron chi connectivity index (χ2n) is 2.98. The van der Waals surface area contributed by atoms with Crippen LogP contribution in [0.15, 0.2) is 12.3 Å². The number of hydrogen-bond acceptors (Lipinski definition) is 3. The topological polar surface area (TPSA) is 50.1 Å². The highest BCUT2D eigenvalue weighted by molar-refractivity contribution is 4.99. The molecule has 1 atom stereocenters. The molecule has 0 aliphatic carbocycles. The van der Waals surface area contributed by atoms with E-state index in [1.54, 1.807) is 24.0 Å². The third-order valence-electron chi connectivity index (χ3n) is 1.87. The van der Waals surface area contributed by atoms with E-state index in [1.165, 1.54) is 0 Å². The van der Waals surface area contributed by atoms with E-state index in [-0.39, 0.29) is 6.54 Å². The van der Waals surface area contributed by atoms with Crippen molar-refractivity contribution in [2.24, 2.45) is 7.05 Å². The van der Waals surface area contributed by atoms with Crippen LogP contribution in [-0.4, -0.2) is 34.0 Å². The lowest BCUT2D eigenvalue weighted by molar-refractivity contribution is -0.00347. The average molecular weight is 205 g/mol. The summed E-state index contributed by atoms with van der Waals surface area (Å²) in [5, 5.41) is 15.4. The summed E-state index contributed by atoms with van der Waals surface area (Å²) in [4.78, 5) is 0. The Morgan fingerprint density at radius 1 is 1.64 bits per heavy atom. The molecule has 0 radical (unpaired) electrons. The van der Waals surface area contributed by atoms with Crippen molar-refractivity contribution < 1.29 is 13.9 Å². The Balaban J connectivity index is 2.25. The standard InChI is InChI=1S/C8H13F2N3O/c1-13-6(2-3-12-13)4-11-5-7(14)8(9)10/h2-3,7-8,11,14H,4-5H2,1H3. The van der Waals surface area contributed by atoms with Gasteiger partial charge in [-0.1, -0.05) is 0 Å². The minimum absolute atomic E-state index is 0.122. The lowest BCUT2D eigenvalue weighted by Gasteiger charge is -2.10. The predicted octanol–water partition coefficient (Wildman–Crippen LogP) is 0.136. The average Bonchev–Trinajstić information content (AvgIpc) is 2.51. The van der Waals surface area contributed by atoms with E-state index in [0.29, 0.717) is 6.54 Å². The normalized spacial score (nSPS) is 13.5. The van der Waals surface area contributed by atoms with Gasteiger partial charge in [-0.3, -0.25) is 4.68 Å². The Kier molecular flexibility index (Phi) is 3.97. The number of aromatic nitrogens is 2. The van der Waals surface area contributed by atoms with Crippen LogP contribution in [0.3, 0.4) is 0 Å². The summed E-state index contributed by atoms with van der Waals surface area (Å²) in [6.07, 6.45) is -2.68. The molecule has 0 saturated carbocycles. The monoisotopic (exact) mass is 205 g/mol. The lowest BCUT2D eigenvalue weighted by atomic mass is 10.3. The first-order valence-corrected chi connectivity index (χ1v) is 4.25. The molecule has 0 aliphatic rings. The summed E-state index contributed by atoms with van der Waals surface area (Å²) in [6.45, 7) is 0.295. The van der Waals surface area contributed by atoms with Crippen molar-refractivity contribution in [2.75, 3.05) is 6.54 Å². The number of aliphatic hydroxyl groups is 1. The van der Waals surface area contributed by atoms with Gasteiger partial charge in [0.2, 0.25) is 0 Å². The van der Waals surface area contributed by atoms with Crippen molar-refractivity contribution in [1.29, 1.82) is 0 Å². The van der Waals surface area contributed by atoms with E-state index >= 15 is 0 Å². The van der Waals surface area contributed by atoms with Gasteiger partial charge in [0.15, 0.2) is 0 Å². The minimum atomic E-state index is -2.70. The van der Waals surface area contributed by atoms with Gasteiger partial charge in [0.05, 0.1) is 5.69 Å². The van der Waals surface area contributed by atoms with Gasteiger partial charge >= 0.3 is 0 Å². The second kappa shape index (κ2) is 5.02. The highest BCUT2D eigenvalue weighted by Gasteiger charge is 2.15. The number of nitrogens with one attached hydrogen (secondary N) is 1. The third-order valence-corrected chi connectivity index (χ3v) is 1.87. The molecule has 1 aromatic heterocycles. The first-order valence-electron chi connectivity index (χ1n) is 4.25. The predicted molar refractivity (Wildman–Crippen MR) is 46.9 cm³/mol. The van der Waals surface area contributed by atoms with Crippen LogP contribution in [0.4, 0.5) is 8.78 Å². The number of halogens is 2. The van der Waals surface area contributed by atoms with Crippen LogP contribution in [0.5, 0.6) is 0 Å². The van der Waals surface area contributed by atoms with Gasteiger partial charge in [-0.15, -0.1) is 0 Å². The lowest BCUT2D eigenvalue weighted by Crippen LogP contribution is -2.32. The minimum Gasteiger partial charge on any atom is -0.386 e. The van der Waals surface area contributed by atoms with Gasteiger partial charge in [-0.2, -0.15) is 5.10 Å². The molecule has 0 amide bonds. The molecule has 14 heavy (non-hydrogen) atoms. The van der Waals surface area contributed by atoms with Gasteiger partial charge in [0.25, 0.3) is 6.43 Å². The van der Waals surface area contributed by atoms with E-state index < -0.39 is 12.5 Å². The highest BCUT2D eigenvalue weighted by Crippen LogP contribution is 2.00. The number of aryl methyl sites for hydroxylation is 1. The molecule has 80 valence electrons. The largest absolute Gasteiger partial charge is 0.386 e. The van der Waals surface area contributed by atoms with Gasteiger partial charge < -0.3 is 10.4 Å². The third kappa shape index (κ3) is 3.04. The van der Waals surface area contributed by atoms with Crippen molar-refractivity contribution in [2.45, 2.75) is 19.1 Å². The first-order chi connectivity index (χ1) is 6.61. The van der Waals surface area contributed by atoms with Crippen LogP contribution >= 0.6 is 0 Å².